The number of rotatable bonds is 0. The van der Waals surface area contributed by atoms with Crippen LogP contribution in [-0.4, -0.2) is 0 Å². The summed E-state index contributed by atoms with van der Waals surface area (Å²) >= 11 is 0. The molecule has 0 spiro atoms. The lowest BCUT2D eigenvalue weighted by Gasteiger charge is -0.618. The Balaban J connectivity index is -0.00000000167. The molecule has 0 amide bonds. The van der Waals surface area contributed by atoms with Gasteiger partial charge in [0.1, 0.15) is 0 Å². The van der Waals surface area contributed by atoms with E-state index in [-0.39, 0.29) is 49.6 Å². The third-order valence-corrected chi connectivity index (χ3v) is 0. The molecule has 0 aromatic rings. The number of halogens is 4. The maximum Gasteiger partial charge on any atom is 0.310 e. The summed E-state index contributed by atoms with van der Waals surface area (Å²) in [5, 5.41) is 0. The third-order valence-electron chi connectivity index (χ3n) is 0. The van der Waals surface area contributed by atoms with Crippen LogP contribution in [0, 0.1) is 0 Å². The average Bonchev–Trinajstić information content (AvgIpc) is 1.50. The van der Waals surface area contributed by atoms with Crippen LogP contribution in [-0.2, 0) is 9.13 Å². The highest BCUT2D eigenvalue weighted by atomic mass is 35.5. The molecule has 8 heavy (non-hydrogen) atoms. The third kappa shape index (κ3) is 161. The number of hydrogen-bond acceptors (Lipinski definition) is 2. The minimum atomic E-state index is 0. The summed E-state index contributed by atoms with van der Waals surface area (Å²) < 4.78 is 16.3. The summed E-state index contributed by atoms with van der Waals surface area (Å²) in [4.78, 5) is 0. The molecule has 0 aliphatic heterocycles. The zero-order chi connectivity index (χ0) is 4.00. The molecule has 2 unspecified atom stereocenters. The second-order valence-electron chi connectivity index (χ2n) is 0. The Morgan fingerprint density at radius 3 is 0.500 bits per heavy atom. The van der Waals surface area contributed by atoms with Crippen LogP contribution in [0.25, 0.3) is 0 Å². The van der Waals surface area contributed by atoms with Gasteiger partial charge < -0.3 is 0 Å². The lowest BCUT2D eigenvalue weighted by Crippen LogP contribution is -0.489. The molecule has 0 rings (SSSR count). The summed E-state index contributed by atoms with van der Waals surface area (Å²) in [6, 6.07) is 0. The predicted molar refractivity (Wildman–Crippen MR) is 49.8 cm³/mol. The van der Waals surface area contributed by atoms with E-state index in [0.29, 0.717) is 0 Å². The van der Waals surface area contributed by atoms with Crippen molar-refractivity contribution in [2.75, 3.05) is 0 Å². The standard InChI is InChI=1S/4ClH.2H2OP/c;;;;2*1-2/h4*1H;2*2H2/q;;;;2*+1. The lowest BCUT2D eigenvalue weighted by atomic mass is 16.0. The smallest absolute Gasteiger partial charge is 0.147 e. The quantitative estimate of drug-likeness (QED) is 0.611. The zero-order valence-electron chi connectivity index (χ0n) is 3.60. The van der Waals surface area contributed by atoms with Crippen LogP contribution in [0.2, 0.25) is 0 Å². The SMILES string of the molecule is Cl.Cl.Cl.Cl.O=[PH2+].O=[PH2+]. The molecule has 0 aliphatic carbocycles. The molecule has 0 saturated heterocycles. The van der Waals surface area contributed by atoms with E-state index in [1.165, 1.54) is 18.2 Å². The fraction of sp³-hybridized carbons (Fsp3) is 0. The van der Waals surface area contributed by atoms with Crippen molar-refractivity contribution >= 4 is 67.9 Å². The van der Waals surface area contributed by atoms with Gasteiger partial charge in [-0.15, -0.1) is 49.6 Å². The molecule has 2 nitrogen and oxygen atoms in total. The van der Waals surface area contributed by atoms with Crippen LogP contribution in [0.5, 0.6) is 0 Å². The van der Waals surface area contributed by atoms with Crippen molar-refractivity contribution in [1.29, 1.82) is 0 Å². The van der Waals surface area contributed by atoms with Gasteiger partial charge in [-0.25, -0.2) is 0 Å². The maximum absolute atomic E-state index is 8.17. The van der Waals surface area contributed by atoms with Gasteiger partial charge in [0.2, 0.25) is 0 Å². The van der Waals surface area contributed by atoms with Gasteiger partial charge in [-0.2, -0.15) is 0 Å². The van der Waals surface area contributed by atoms with Crippen LogP contribution in [0.1, 0.15) is 0 Å². The highest BCUT2D eigenvalue weighted by Gasteiger charge is 0.851. The van der Waals surface area contributed by atoms with Crippen molar-refractivity contribution in [2.24, 2.45) is 0 Å². The molecule has 0 aromatic carbocycles. The van der Waals surface area contributed by atoms with Crippen LogP contribution < -0.4 is 0 Å². The van der Waals surface area contributed by atoms with Gasteiger partial charge in [0.25, 0.3) is 0 Å². The molecular weight excluding hydrogens is 236 g/mol. The van der Waals surface area contributed by atoms with Gasteiger partial charge in [-0.3, -0.25) is 0 Å². The van der Waals surface area contributed by atoms with E-state index in [1.54, 1.807) is 0 Å². The van der Waals surface area contributed by atoms with Crippen LogP contribution >= 0.6 is 67.9 Å². The molecule has 0 aliphatic rings. The van der Waals surface area contributed by atoms with Crippen molar-refractivity contribution in [2.45, 2.75) is 0 Å². The Morgan fingerprint density at radius 1 is 0.500 bits per heavy atom. The average molecular weight is 244 g/mol. The molecule has 0 N–H and O–H groups in total. The van der Waals surface area contributed by atoms with Gasteiger partial charge in [0.15, 0.2) is 0 Å². The van der Waals surface area contributed by atoms with Crippen molar-refractivity contribution in [1.82, 2.24) is 0 Å². The maximum atomic E-state index is 8.17. The van der Waals surface area contributed by atoms with E-state index in [4.69, 9.17) is 9.13 Å². The van der Waals surface area contributed by atoms with Gasteiger partial charge in [0.05, 0.1) is 0 Å². The first-order chi connectivity index (χ1) is 2.00. The Morgan fingerprint density at radius 2 is 0.500 bits per heavy atom. The summed E-state index contributed by atoms with van der Waals surface area (Å²) in [5.41, 5.74) is 0. The molecule has 0 heterocycles. The molecule has 2 atom stereocenters. The summed E-state index contributed by atoms with van der Waals surface area (Å²) in [7, 11) is 2.33. The van der Waals surface area contributed by atoms with E-state index in [2.05, 4.69) is 0 Å². The molecule has 8 heteroatoms. The van der Waals surface area contributed by atoms with Crippen LogP contribution in [0.4, 0.5) is 0 Å². The molecule has 0 bridgehead atoms. The van der Waals surface area contributed by atoms with Gasteiger partial charge in [-0.1, -0.05) is 9.13 Å². The van der Waals surface area contributed by atoms with E-state index >= 15 is 0 Å². The Hall–Kier alpha value is 1.36. The molecule has 0 saturated carbocycles. The fourth-order valence-corrected chi connectivity index (χ4v) is 0. The van der Waals surface area contributed by atoms with Gasteiger partial charge in [0, 0.05) is 0 Å². The predicted octanol–water partition coefficient (Wildman–Crippen LogP) is 2.10. The van der Waals surface area contributed by atoms with E-state index in [0.717, 1.165) is 0 Å². The Bertz CT molecular complexity index is 14.0. The highest BCUT2D eigenvalue weighted by molar-refractivity contribution is 7.00. The van der Waals surface area contributed by atoms with Gasteiger partial charge >= 0.3 is 18.2 Å². The fourth-order valence-electron chi connectivity index (χ4n) is 0. The molecule has 0 radical (unpaired) electrons. The Labute approximate surface area is 77.1 Å². The van der Waals surface area contributed by atoms with Gasteiger partial charge in [-0.05, 0) is 0 Å². The molecular formula is H8Cl4O2P2+2. The summed E-state index contributed by atoms with van der Waals surface area (Å²) in [6.07, 6.45) is 0. The first-order valence-electron chi connectivity index (χ1n) is 0.471. The second-order valence-corrected chi connectivity index (χ2v) is 0. The summed E-state index contributed by atoms with van der Waals surface area (Å²) in [5.74, 6) is 0. The lowest BCUT2D eigenvalue weighted by molar-refractivity contribution is 0.607. The zero-order valence-corrected chi connectivity index (χ0v) is 9.18. The summed E-state index contributed by atoms with van der Waals surface area (Å²) in [6.45, 7) is 0. The minimum Gasteiger partial charge on any atom is -0.147 e. The van der Waals surface area contributed by atoms with E-state index in [9.17, 15) is 0 Å². The first-order valence-corrected chi connectivity index (χ1v) is 1.41. The normalized spacial score (nSPS) is 1.00. The van der Waals surface area contributed by atoms with Crippen molar-refractivity contribution < 1.29 is 9.13 Å². The topological polar surface area (TPSA) is 34.1 Å². The molecule has 56 valence electrons. The van der Waals surface area contributed by atoms with E-state index < -0.39 is 0 Å². The molecule has 0 fully saturated rings. The van der Waals surface area contributed by atoms with Crippen molar-refractivity contribution in [3.05, 3.63) is 0 Å². The number of hydrogen-bond donors (Lipinski definition) is 0. The molecule has 0 aromatic heterocycles. The largest absolute Gasteiger partial charge is 0.310 e. The van der Waals surface area contributed by atoms with Crippen LogP contribution in [0.3, 0.4) is 0 Å². The monoisotopic (exact) mass is 242 g/mol. The van der Waals surface area contributed by atoms with E-state index in [1.807, 2.05) is 0 Å². The Kier molecular flexibility index (Phi) is 1770. The van der Waals surface area contributed by atoms with Crippen LogP contribution in [0.15, 0.2) is 0 Å². The van der Waals surface area contributed by atoms with Crippen molar-refractivity contribution in [3.8, 4) is 0 Å². The first kappa shape index (κ1) is 57.9. The minimum absolute atomic E-state index is 0. The highest BCUT2D eigenvalue weighted by Crippen LogP contribution is 1.23. The second kappa shape index (κ2) is 245. The van der Waals surface area contributed by atoms with Crippen molar-refractivity contribution in [3.63, 3.8) is 0 Å².